The fourth-order valence-electron chi connectivity index (χ4n) is 2.30. The van der Waals surface area contributed by atoms with Crippen molar-refractivity contribution < 1.29 is 14.6 Å². The van der Waals surface area contributed by atoms with Crippen molar-refractivity contribution in [1.29, 1.82) is 0 Å². The van der Waals surface area contributed by atoms with Crippen LogP contribution in [-0.2, 0) is 4.79 Å². The van der Waals surface area contributed by atoms with Crippen molar-refractivity contribution in [2.45, 2.75) is 38.6 Å². The molecule has 0 bridgehead atoms. The van der Waals surface area contributed by atoms with Crippen LogP contribution in [0.5, 0.6) is 5.88 Å². The van der Waals surface area contributed by atoms with E-state index in [9.17, 15) is 9.90 Å². The van der Waals surface area contributed by atoms with Crippen molar-refractivity contribution >= 4 is 11.9 Å². The van der Waals surface area contributed by atoms with Gasteiger partial charge in [0, 0.05) is 18.8 Å². The van der Waals surface area contributed by atoms with Gasteiger partial charge in [-0.05, 0) is 19.8 Å². The molecule has 0 aliphatic carbocycles. The molecular formula is C13H19N3O3. The van der Waals surface area contributed by atoms with Gasteiger partial charge in [0.25, 0.3) is 0 Å². The van der Waals surface area contributed by atoms with E-state index in [4.69, 9.17) is 4.74 Å². The van der Waals surface area contributed by atoms with E-state index in [0.717, 1.165) is 19.3 Å². The zero-order valence-electron chi connectivity index (χ0n) is 11.1. The standard InChI is InChI=1S/C13H19N3O3/c1-2-19-11-7-8-14-13(15-11)16-9-5-3-4-6-10(16)12(17)18/h7-8,10H,2-6,9H2,1H3,(H,17,18). The van der Waals surface area contributed by atoms with Crippen LogP contribution in [-0.4, -0.2) is 40.2 Å². The Kier molecular flexibility index (Phi) is 4.54. The summed E-state index contributed by atoms with van der Waals surface area (Å²) in [5.41, 5.74) is 0. The molecular weight excluding hydrogens is 246 g/mol. The number of nitrogens with zero attached hydrogens (tertiary/aromatic N) is 3. The second-order valence-corrected chi connectivity index (χ2v) is 4.52. The maximum Gasteiger partial charge on any atom is 0.326 e. The van der Waals surface area contributed by atoms with Crippen LogP contribution >= 0.6 is 0 Å². The number of carbonyl (C=O) groups is 1. The third kappa shape index (κ3) is 3.33. The highest BCUT2D eigenvalue weighted by Gasteiger charge is 2.29. The third-order valence-corrected chi connectivity index (χ3v) is 3.20. The van der Waals surface area contributed by atoms with E-state index in [0.29, 0.717) is 31.4 Å². The van der Waals surface area contributed by atoms with Crippen molar-refractivity contribution in [3.63, 3.8) is 0 Å². The number of anilines is 1. The molecule has 6 nitrogen and oxygen atoms in total. The zero-order chi connectivity index (χ0) is 13.7. The number of ether oxygens (including phenoxy) is 1. The number of hydrogen-bond acceptors (Lipinski definition) is 5. The first-order chi connectivity index (χ1) is 9.22. The first-order valence-corrected chi connectivity index (χ1v) is 6.67. The third-order valence-electron chi connectivity index (χ3n) is 3.20. The molecule has 0 radical (unpaired) electrons. The highest BCUT2D eigenvalue weighted by molar-refractivity contribution is 5.77. The van der Waals surface area contributed by atoms with E-state index in [1.165, 1.54) is 0 Å². The minimum absolute atomic E-state index is 0.445. The lowest BCUT2D eigenvalue weighted by Gasteiger charge is -2.26. The Morgan fingerprint density at radius 3 is 3.11 bits per heavy atom. The molecule has 1 saturated heterocycles. The summed E-state index contributed by atoms with van der Waals surface area (Å²) in [6.45, 7) is 3.08. The molecule has 104 valence electrons. The van der Waals surface area contributed by atoms with Gasteiger partial charge in [0.1, 0.15) is 6.04 Å². The van der Waals surface area contributed by atoms with Gasteiger partial charge in [-0.25, -0.2) is 9.78 Å². The van der Waals surface area contributed by atoms with Gasteiger partial charge in [0.15, 0.2) is 0 Å². The second kappa shape index (κ2) is 6.36. The first kappa shape index (κ1) is 13.6. The van der Waals surface area contributed by atoms with E-state index in [-0.39, 0.29) is 0 Å². The minimum Gasteiger partial charge on any atom is -0.480 e. The molecule has 1 N–H and O–H groups in total. The van der Waals surface area contributed by atoms with Crippen LogP contribution in [0.4, 0.5) is 5.95 Å². The summed E-state index contributed by atoms with van der Waals surface area (Å²) in [6.07, 6.45) is 5.19. The topological polar surface area (TPSA) is 75.5 Å². The average molecular weight is 265 g/mol. The number of carboxylic acids is 1. The molecule has 0 amide bonds. The van der Waals surface area contributed by atoms with Gasteiger partial charge in [-0.1, -0.05) is 12.8 Å². The monoisotopic (exact) mass is 265 g/mol. The van der Waals surface area contributed by atoms with Crippen LogP contribution in [0.25, 0.3) is 0 Å². The molecule has 2 rings (SSSR count). The summed E-state index contributed by atoms with van der Waals surface area (Å²) in [4.78, 5) is 21.6. The lowest BCUT2D eigenvalue weighted by molar-refractivity contribution is -0.138. The molecule has 2 heterocycles. The van der Waals surface area contributed by atoms with Gasteiger partial charge >= 0.3 is 5.97 Å². The predicted octanol–water partition coefficient (Wildman–Crippen LogP) is 1.71. The summed E-state index contributed by atoms with van der Waals surface area (Å²) < 4.78 is 5.34. The molecule has 1 unspecified atom stereocenters. The SMILES string of the molecule is CCOc1ccnc(N2CCCCCC2C(=O)O)n1. The molecule has 6 heteroatoms. The molecule has 1 aliphatic rings. The van der Waals surface area contributed by atoms with Gasteiger partial charge in [-0.2, -0.15) is 4.98 Å². The molecule has 19 heavy (non-hydrogen) atoms. The van der Waals surface area contributed by atoms with Gasteiger partial charge in [-0.3, -0.25) is 0 Å². The van der Waals surface area contributed by atoms with Gasteiger partial charge in [0.05, 0.1) is 6.61 Å². The maximum atomic E-state index is 11.4. The van der Waals surface area contributed by atoms with Crippen molar-refractivity contribution in [2.24, 2.45) is 0 Å². The molecule has 1 aliphatic heterocycles. The Labute approximate surface area is 112 Å². The maximum absolute atomic E-state index is 11.4. The Bertz CT molecular complexity index is 439. The Morgan fingerprint density at radius 1 is 1.53 bits per heavy atom. The van der Waals surface area contributed by atoms with E-state index in [1.54, 1.807) is 17.2 Å². The Balaban J connectivity index is 2.25. The zero-order valence-corrected chi connectivity index (χ0v) is 11.1. The molecule has 1 aromatic rings. The lowest BCUT2D eigenvalue weighted by atomic mass is 10.1. The van der Waals surface area contributed by atoms with Crippen LogP contribution in [0, 0.1) is 0 Å². The summed E-state index contributed by atoms with van der Waals surface area (Å²) >= 11 is 0. The molecule has 0 aromatic carbocycles. The predicted molar refractivity (Wildman–Crippen MR) is 70.4 cm³/mol. The van der Waals surface area contributed by atoms with Crippen LogP contribution in [0.2, 0.25) is 0 Å². The van der Waals surface area contributed by atoms with Crippen LogP contribution in [0.15, 0.2) is 12.3 Å². The van der Waals surface area contributed by atoms with Gasteiger partial charge < -0.3 is 14.7 Å². The second-order valence-electron chi connectivity index (χ2n) is 4.52. The van der Waals surface area contributed by atoms with Crippen LogP contribution in [0.3, 0.4) is 0 Å². The highest BCUT2D eigenvalue weighted by Crippen LogP contribution is 2.22. The van der Waals surface area contributed by atoms with Crippen molar-refractivity contribution in [1.82, 2.24) is 9.97 Å². The fourth-order valence-corrected chi connectivity index (χ4v) is 2.30. The van der Waals surface area contributed by atoms with Gasteiger partial charge in [-0.15, -0.1) is 0 Å². The number of hydrogen-bond donors (Lipinski definition) is 1. The van der Waals surface area contributed by atoms with Crippen molar-refractivity contribution in [2.75, 3.05) is 18.1 Å². The smallest absolute Gasteiger partial charge is 0.326 e. The number of rotatable bonds is 4. The molecule has 1 atom stereocenters. The average Bonchev–Trinajstić information content (AvgIpc) is 2.65. The highest BCUT2D eigenvalue weighted by atomic mass is 16.5. The largest absolute Gasteiger partial charge is 0.480 e. The van der Waals surface area contributed by atoms with Gasteiger partial charge in [0.2, 0.25) is 11.8 Å². The molecule has 0 saturated carbocycles. The van der Waals surface area contributed by atoms with E-state index in [1.807, 2.05) is 6.92 Å². The number of aromatic nitrogens is 2. The first-order valence-electron chi connectivity index (χ1n) is 6.67. The number of carboxylic acid groups (broad SMARTS) is 1. The lowest BCUT2D eigenvalue weighted by Crippen LogP contribution is -2.41. The molecule has 0 spiro atoms. The molecule has 1 aromatic heterocycles. The minimum atomic E-state index is -0.813. The van der Waals surface area contributed by atoms with Crippen LogP contribution < -0.4 is 9.64 Å². The Morgan fingerprint density at radius 2 is 2.37 bits per heavy atom. The van der Waals surface area contributed by atoms with Crippen LogP contribution in [0.1, 0.15) is 32.6 Å². The van der Waals surface area contributed by atoms with E-state index in [2.05, 4.69) is 9.97 Å². The normalized spacial score (nSPS) is 19.8. The van der Waals surface area contributed by atoms with E-state index < -0.39 is 12.0 Å². The summed E-state index contributed by atoms with van der Waals surface area (Å²) in [5, 5.41) is 9.34. The van der Waals surface area contributed by atoms with Crippen molar-refractivity contribution in [3.05, 3.63) is 12.3 Å². The fraction of sp³-hybridized carbons (Fsp3) is 0.615. The summed E-state index contributed by atoms with van der Waals surface area (Å²) in [7, 11) is 0. The van der Waals surface area contributed by atoms with E-state index >= 15 is 0 Å². The quantitative estimate of drug-likeness (QED) is 0.893. The summed E-state index contributed by atoms with van der Waals surface area (Å²) in [6, 6.07) is 1.14. The van der Waals surface area contributed by atoms with Crippen molar-refractivity contribution in [3.8, 4) is 5.88 Å². The Hall–Kier alpha value is -1.85. The molecule has 1 fully saturated rings. The number of aliphatic carboxylic acids is 1. The summed E-state index contributed by atoms with van der Waals surface area (Å²) in [5.74, 6) is 0.119.